The standard InChI is InChI=1S/C2H2F2O.ClH/c3-1-2(4)5;/h1H2;1H. The molecular weight excluding hydrogens is 113 g/mol. The molecular formula is C2H3ClF2O. The summed E-state index contributed by atoms with van der Waals surface area (Å²) in [5.74, 6) is 0. The number of hydrogen-bond donors (Lipinski definition) is 0. The number of halogens is 3. The molecule has 0 aliphatic rings. The molecule has 0 saturated carbocycles. The molecule has 1 nitrogen and oxygen atoms in total. The van der Waals surface area contributed by atoms with Gasteiger partial charge in [-0.2, -0.15) is 4.39 Å². The lowest BCUT2D eigenvalue weighted by atomic mass is 10.8. The molecule has 0 spiro atoms. The molecule has 0 amide bonds. The summed E-state index contributed by atoms with van der Waals surface area (Å²) in [6.45, 7) is -1.50. The van der Waals surface area contributed by atoms with Crippen LogP contribution in [-0.2, 0) is 4.79 Å². The predicted octanol–water partition coefficient (Wildman–Crippen LogP) is 0.874. The van der Waals surface area contributed by atoms with Gasteiger partial charge in [-0.05, 0) is 0 Å². The lowest BCUT2D eigenvalue weighted by Gasteiger charge is -1.63. The van der Waals surface area contributed by atoms with Crippen molar-refractivity contribution in [3.63, 3.8) is 0 Å². The first kappa shape index (κ1) is 9.27. The third kappa shape index (κ3) is 9.17. The van der Waals surface area contributed by atoms with E-state index in [0.29, 0.717) is 0 Å². The Labute approximate surface area is 39.7 Å². The molecule has 38 valence electrons. The molecule has 0 aliphatic carbocycles. The third-order valence-corrected chi connectivity index (χ3v) is 0.105. The van der Waals surface area contributed by atoms with E-state index in [2.05, 4.69) is 0 Å². The fourth-order valence-corrected chi connectivity index (χ4v) is 0. The topological polar surface area (TPSA) is 17.1 Å². The van der Waals surface area contributed by atoms with Crippen molar-refractivity contribution in [3.8, 4) is 0 Å². The fraction of sp³-hybridized carbons (Fsp3) is 0.500. The van der Waals surface area contributed by atoms with Gasteiger partial charge in [0.2, 0.25) is 0 Å². The molecule has 0 aromatic heterocycles. The zero-order chi connectivity index (χ0) is 4.28. The van der Waals surface area contributed by atoms with Crippen molar-refractivity contribution in [2.24, 2.45) is 0 Å². The molecule has 0 N–H and O–H groups in total. The van der Waals surface area contributed by atoms with Crippen LogP contribution in [0.2, 0.25) is 0 Å². The van der Waals surface area contributed by atoms with Crippen LogP contribution in [0.4, 0.5) is 8.78 Å². The molecule has 0 saturated heterocycles. The Bertz CT molecular complexity index is 46.8. The van der Waals surface area contributed by atoms with Crippen LogP contribution in [0, 0.1) is 0 Å². The second-order valence-corrected chi connectivity index (χ2v) is 0.489. The monoisotopic (exact) mass is 116 g/mol. The highest BCUT2D eigenvalue weighted by atomic mass is 35.5. The first-order valence-corrected chi connectivity index (χ1v) is 1.01. The minimum absolute atomic E-state index is 0. The molecule has 0 heterocycles. The predicted molar refractivity (Wildman–Crippen MR) is 19.3 cm³/mol. The van der Waals surface area contributed by atoms with E-state index in [1.807, 2.05) is 0 Å². The van der Waals surface area contributed by atoms with E-state index in [1.165, 1.54) is 0 Å². The van der Waals surface area contributed by atoms with Gasteiger partial charge >= 0.3 is 6.04 Å². The van der Waals surface area contributed by atoms with Crippen LogP contribution in [-0.4, -0.2) is 12.7 Å². The largest absolute Gasteiger partial charge is 0.332 e. The highest BCUT2D eigenvalue weighted by molar-refractivity contribution is 5.85. The van der Waals surface area contributed by atoms with Gasteiger partial charge in [-0.1, -0.05) is 0 Å². The molecule has 0 bridgehead atoms. The minimum Gasteiger partial charge on any atom is -0.258 e. The van der Waals surface area contributed by atoms with E-state index in [1.54, 1.807) is 0 Å². The summed E-state index contributed by atoms with van der Waals surface area (Å²) in [6, 6.07) is -1.91. The Kier molecular flexibility index (Phi) is 7.44. The van der Waals surface area contributed by atoms with Crippen LogP contribution in [0.3, 0.4) is 0 Å². The summed E-state index contributed by atoms with van der Waals surface area (Å²) in [4.78, 5) is 8.77. The lowest BCUT2D eigenvalue weighted by Crippen LogP contribution is -1.85. The fourth-order valence-electron chi connectivity index (χ4n) is 0. The van der Waals surface area contributed by atoms with E-state index in [9.17, 15) is 8.78 Å². The third-order valence-electron chi connectivity index (χ3n) is 0.105. The van der Waals surface area contributed by atoms with Crippen molar-refractivity contribution in [3.05, 3.63) is 0 Å². The van der Waals surface area contributed by atoms with Gasteiger partial charge in [0.1, 0.15) is 0 Å². The van der Waals surface area contributed by atoms with E-state index in [0.717, 1.165) is 0 Å². The average molecular weight is 116 g/mol. The summed E-state index contributed by atoms with van der Waals surface area (Å²) in [5, 5.41) is 0. The Balaban J connectivity index is 0. The summed E-state index contributed by atoms with van der Waals surface area (Å²) in [7, 11) is 0. The maximum Gasteiger partial charge on any atom is 0.332 e. The van der Waals surface area contributed by atoms with Gasteiger partial charge in [0.05, 0.1) is 0 Å². The van der Waals surface area contributed by atoms with Crippen LogP contribution < -0.4 is 0 Å². The Morgan fingerprint density at radius 2 is 1.83 bits per heavy atom. The maximum absolute atomic E-state index is 10.4. The number of hydrogen-bond acceptors (Lipinski definition) is 1. The van der Waals surface area contributed by atoms with Crippen molar-refractivity contribution < 1.29 is 13.6 Å². The van der Waals surface area contributed by atoms with Crippen LogP contribution in [0.15, 0.2) is 0 Å². The molecule has 6 heavy (non-hydrogen) atoms. The maximum atomic E-state index is 10.4. The highest BCUT2D eigenvalue weighted by Gasteiger charge is 1.88. The normalized spacial score (nSPS) is 6.33. The number of carbonyl (C=O) groups excluding carboxylic acids is 1. The van der Waals surface area contributed by atoms with Crippen molar-refractivity contribution in [1.29, 1.82) is 0 Å². The van der Waals surface area contributed by atoms with Crippen LogP contribution in [0.1, 0.15) is 0 Å². The van der Waals surface area contributed by atoms with E-state index < -0.39 is 12.7 Å². The summed E-state index contributed by atoms with van der Waals surface area (Å²) < 4.78 is 20.8. The molecule has 0 aliphatic heterocycles. The second kappa shape index (κ2) is 4.82. The summed E-state index contributed by atoms with van der Waals surface area (Å²) >= 11 is 0. The van der Waals surface area contributed by atoms with E-state index in [-0.39, 0.29) is 12.4 Å². The molecule has 0 unspecified atom stereocenters. The van der Waals surface area contributed by atoms with Gasteiger partial charge in [-0.15, -0.1) is 12.4 Å². The minimum atomic E-state index is -1.91. The van der Waals surface area contributed by atoms with E-state index in [4.69, 9.17) is 4.79 Å². The molecule has 0 atom stereocenters. The molecule has 0 aromatic rings. The van der Waals surface area contributed by atoms with Gasteiger partial charge in [-0.25, -0.2) is 4.39 Å². The zero-order valence-electron chi connectivity index (χ0n) is 2.78. The average Bonchev–Trinajstić information content (AvgIpc) is 1.38. The van der Waals surface area contributed by atoms with Crippen molar-refractivity contribution >= 4 is 18.4 Å². The lowest BCUT2D eigenvalue weighted by molar-refractivity contribution is -0.130. The summed E-state index contributed by atoms with van der Waals surface area (Å²) in [6.07, 6.45) is 0. The Morgan fingerprint density at radius 3 is 1.83 bits per heavy atom. The quantitative estimate of drug-likeness (QED) is 0.465. The second-order valence-electron chi connectivity index (χ2n) is 0.489. The van der Waals surface area contributed by atoms with Gasteiger partial charge in [0.15, 0.2) is 6.67 Å². The molecule has 0 rings (SSSR count). The van der Waals surface area contributed by atoms with Gasteiger partial charge in [0, 0.05) is 0 Å². The smallest absolute Gasteiger partial charge is 0.258 e. The van der Waals surface area contributed by atoms with Gasteiger partial charge in [0.25, 0.3) is 0 Å². The number of rotatable bonds is 1. The highest BCUT2D eigenvalue weighted by Crippen LogP contribution is 1.69. The van der Waals surface area contributed by atoms with Gasteiger partial charge < -0.3 is 0 Å². The Hall–Kier alpha value is -0.180. The molecule has 0 radical (unpaired) electrons. The Morgan fingerprint density at radius 1 is 1.67 bits per heavy atom. The van der Waals surface area contributed by atoms with Crippen molar-refractivity contribution in [2.75, 3.05) is 6.67 Å². The molecule has 0 aromatic carbocycles. The van der Waals surface area contributed by atoms with Gasteiger partial charge in [-0.3, -0.25) is 4.79 Å². The van der Waals surface area contributed by atoms with Crippen LogP contribution in [0.25, 0.3) is 0 Å². The zero-order valence-corrected chi connectivity index (χ0v) is 3.60. The van der Waals surface area contributed by atoms with Crippen LogP contribution >= 0.6 is 12.4 Å². The van der Waals surface area contributed by atoms with Crippen LogP contribution in [0.5, 0.6) is 0 Å². The van der Waals surface area contributed by atoms with Crippen molar-refractivity contribution in [1.82, 2.24) is 0 Å². The van der Waals surface area contributed by atoms with Crippen molar-refractivity contribution in [2.45, 2.75) is 0 Å². The first-order chi connectivity index (χ1) is 2.27. The molecule has 0 fully saturated rings. The number of alkyl halides is 1. The first-order valence-electron chi connectivity index (χ1n) is 1.01. The summed E-state index contributed by atoms with van der Waals surface area (Å²) in [5.41, 5.74) is 0. The number of carbonyl (C=O) groups is 1. The molecule has 4 heteroatoms. The SMILES string of the molecule is Cl.O=C(F)CF. The van der Waals surface area contributed by atoms with E-state index >= 15 is 0 Å².